The monoisotopic (exact) mass is 240 g/mol. The van der Waals surface area contributed by atoms with Crippen molar-refractivity contribution in [2.45, 2.75) is 13.8 Å². The second-order valence-electron chi connectivity index (χ2n) is 4.23. The molecule has 2 aromatic carbocycles. The minimum atomic E-state index is -0.212. The Bertz CT molecular complexity index is 627. The largest absolute Gasteiger partial charge is 0.356 e. The quantitative estimate of drug-likeness (QED) is 0.859. The fourth-order valence-corrected chi connectivity index (χ4v) is 1.76. The number of hydrogen-bond donors (Lipinski definition) is 1. The third-order valence-electron chi connectivity index (χ3n) is 2.79. The Kier molecular flexibility index (Phi) is 3.29. The number of nitriles is 1. The number of rotatable bonds is 2. The van der Waals surface area contributed by atoms with Crippen LogP contribution >= 0.6 is 0 Å². The van der Waals surface area contributed by atoms with Gasteiger partial charge in [0.15, 0.2) is 0 Å². The molecule has 0 atom stereocenters. The predicted octanol–water partition coefficient (Wildman–Crippen LogP) is 4.06. The molecule has 2 aromatic rings. The Morgan fingerprint density at radius 2 is 1.61 bits per heavy atom. The van der Waals surface area contributed by atoms with Crippen molar-refractivity contribution in [2.75, 3.05) is 5.32 Å². The maximum atomic E-state index is 13.1. The molecule has 90 valence electrons. The van der Waals surface area contributed by atoms with Gasteiger partial charge in [0.1, 0.15) is 5.82 Å². The number of halogens is 1. The van der Waals surface area contributed by atoms with E-state index in [1.54, 1.807) is 25.1 Å². The summed E-state index contributed by atoms with van der Waals surface area (Å²) < 4.78 is 13.1. The van der Waals surface area contributed by atoms with Gasteiger partial charge >= 0.3 is 0 Å². The van der Waals surface area contributed by atoms with Crippen LogP contribution in [0.2, 0.25) is 0 Å². The first-order valence-electron chi connectivity index (χ1n) is 5.64. The van der Waals surface area contributed by atoms with Gasteiger partial charge in [-0.15, -0.1) is 0 Å². The van der Waals surface area contributed by atoms with Gasteiger partial charge in [-0.25, -0.2) is 4.39 Å². The molecule has 0 spiro atoms. The number of anilines is 2. The molecule has 0 aliphatic heterocycles. The van der Waals surface area contributed by atoms with E-state index in [-0.39, 0.29) is 5.82 Å². The first-order valence-corrected chi connectivity index (χ1v) is 5.64. The summed E-state index contributed by atoms with van der Waals surface area (Å²) in [6, 6.07) is 12.5. The smallest absolute Gasteiger partial charge is 0.126 e. The number of nitrogens with zero attached hydrogens (tertiary/aromatic N) is 1. The Morgan fingerprint density at radius 1 is 1.00 bits per heavy atom. The van der Waals surface area contributed by atoms with Crippen molar-refractivity contribution < 1.29 is 4.39 Å². The molecule has 1 N–H and O–H groups in total. The van der Waals surface area contributed by atoms with E-state index >= 15 is 0 Å². The van der Waals surface area contributed by atoms with Crippen molar-refractivity contribution in [1.29, 1.82) is 5.26 Å². The highest BCUT2D eigenvalue weighted by Crippen LogP contribution is 2.21. The Morgan fingerprint density at radius 3 is 2.17 bits per heavy atom. The number of aryl methyl sites for hydroxylation is 2. The van der Waals surface area contributed by atoms with Gasteiger partial charge in [-0.3, -0.25) is 0 Å². The maximum absolute atomic E-state index is 13.1. The molecule has 0 saturated carbocycles. The molecule has 0 aromatic heterocycles. The van der Waals surface area contributed by atoms with Crippen LogP contribution in [0.1, 0.15) is 16.7 Å². The molecule has 0 bridgehead atoms. The van der Waals surface area contributed by atoms with Gasteiger partial charge in [0.2, 0.25) is 0 Å². The maximum Gasteiger partial charge on any atom is 0.126 e. The van der Waals surface area contributed by atoms with Crippen LogP contribution < -0.4 is 5.32 Å². The van der Waals surface area contributed by atoms with Crippen molar-refractivity contribution in [1.82, 2.24) is 0 Å². The van der Waals surface area contributed by atoms with Gasteiger partial charge in [-0.2, -0.15) is 5.26 Å². The molecule has 0 heterocycles. The summed E-state index contributed by atoms with van der Waals surface area (Å²) in [6.07, 6.45) is 0. The van der Waals surface area contributed by atoms with Crippen LogP contribution in [0.4, 0.5) is 15.8 Å². The van der Waals surface area contributed by atoms with Crippen LogP contribution in [-0.4, -0.2) is 0 Å². The molecule has 0 saturated heterocycles. The third kappa shape index (κ3) is 2.49. The summed E-state index contributed by atoms with van der Waals surface area (Å²) in [5.41, 5.74) is 3.90. The fraction of sp³-hybridized carbons (Fsp3) is 0.133. The average molecular weight is 240 g/mol. The minimum absolute atomic E-state index is 0.212. The lowest BCUT2D eigenvalue weighted by atomic mass is 10.1. The normalized spacial score (nSPS) is 9.89. The summed E-state index contributed by atoms with van der Waals surface area (Å²) >= 11 is 0. The number of benzene rings is 2. The van der Waals surface area contributed by atoms with Crippen LogP contribution in [-0.2, 0) is 0 Å². The first-order chi connectivity index (χ1) is 8.60. The van der Waals surface area contributed by atoms with Crippen LogP contribution in [0.25, 0.3) is 0 Å². The van der Waals surface area contributed by atoms with E-state index in [0.717, 1.165) is 16.9 Å². The van der Waals surface area contributed by atoms with E-state index < -0.39 is 0 Å². The highest BCUT2D eigenvalue weighted by atomic mass is 19.1. The molecule has 3 heteroatoms. The van der Waals surface area contributed by atoms with Crippen LogP contribution in [0, 0.1) is 31.0 Å². The highest BCUT2D eigenvalue weighted by Gasteiger charge is 2.02. The molecule has 18 heavy (non-hydrogen) atoms. The van der Waals surface area contributed by atoms with E-state index in [2.05, 4.69) is 11.4 Å². The molecular formula is C15H13FN2. The minimum Gasteiger partial charge on any atom is -0.356 e. The Labute approximate surface area is 106 Å². The second kappa shape index (κ2) is 4.89. The zero-order valence-electron chi connectivity index (χ0n) is 10.3. The van der Waals surface area contributed by atoms with Gasteiger partial charge in [0, 0.05) is 11.4 Å². The summed E-state index contributed by atoms with van der Waals surface area (Å²) in [4.78, 5) is 0. The predicted molar refractivity (Wildman–Crippen MR) is 70.3 cm³/mol. The van der Waals surface area contributed by atoms with Crippen molar-refractivity contribution in [2.24, 2.45) is 0 Å². The van der Waals surface area contributed by atoms with Gasteiger partial charge < -0.3 is 5.32 Å². The standard InChI is InChI=1S/C15H13FN2/c1-10-7-13(4-3-12(10)9-17)18-14-5-6-15(16)11(2)8-14/h3-8,18H,1-2H3. The SMILES string of the molecule is Cc1cc(Nc2ccc(C#N)c(C)c2)ccc1F. The van der Waals surface area contributed by atoms with Crippen molar-refractivity contribution in [3.63, 3.8) is 0 Å². The zero-order valence-corrected chi connectivity index (χ0v) is 10.3. The second-order valence-corrected chi connectivity index (χ2v) is 4.23. The topological polar surface area (TPSA) is 35.8 Å². The molecule has 0 fully saturated rings. The average Bonchev–Trinajstić information content (AvgIpc) is 2.34. The van der Waals surface area contributed by atoms with E-state index in [0.29, 0.717) is 11.1 Å². The number of hydrogen-bond acceptors (Lipinski definition) is 2. The van der Waals surface area contributed by atoms with Crippen LogP contribution in [0.5, 0.6) is 0 Å². The Balaban J connectivity index is 2.26. The molecule has 0 aliphatic rings. The van der Waals surface area contributed by atoms with E-state index in [4.69, 9.17) is 5.26 Å². The molecule has 0 radical (unpaired) electrons. The molecule has 2 rings (SSSR count). The fourth-order valence-electron chi connectivity index (χ4n) is 1.76. The lowest BCUT2D eigenvalue weighted by Crippen LogP contribution is -1.93. The van der Waals surface area contributed by atoms with E-state index in [9.17, 15) is 4.39 Å². The van der Waals surface area contributed by atoms with Gasteiger partial charge in [0.25, 0.3) is 0 Å². The molecule has 2 nitrogen and oxygen atoms in total. The molecule has 0 amide bonds. The number of nitrogens with one attached hydrogen (secondary N) is 1. The molecular weight excluding hydrogens is 227 g/mol. The van der Waals surface area contributed by atoms with Gasteiger partial charge in [-0.1, -0.05) is 0 Å². The lowest BCUT2D eigenvalue weighted by molar-refractivity contribution is 0.619. The first kappa shape index (κ1) is 12.1. The zero-order chi connectivity index (χ0) is 13.1. The van der Waals surface area contributed by atoms with Crippen molar-refractivity contribution in [3.05, 3.63) is 58.9 Å². The van der Waals surface area contributed by atoms with E-state index in [1.807, 2.05) is 19.1 Å². The molecule has 0 unspecified atom stereocenters. The highest BCUT2D eigenvalue weighted by molar-refractivity contribution is 5.62. The summed E-state index contributed by atoms with van der Waals surface area (Å²) in [5.74, 6) is -0.212. The van der Waals surface area contributed by atoms with Crippen molar-refractivity contribution in [3.8, 4) is 6.07 Å². The van der Waals surface area contributed by atoms with Crippen LogP contribution in [0.15, 0.2) is 36.4 Å². The Hall–Kier alpha value is -2.34. The third-order valence-corrected chi connectivity index (χ3v) is 2.79. The molecule has 0 aliphatic carbocycles. The summed E-state index contributed by atoms with van der Waals surface area (Å²) in [6.45, 7) is 3.62. The summed E-state index contributed by atoms with van der Waals surface area (Å²) in [5, 5.41) is 12.0. The van der Waals surface area contributed by atoms with Gasteiger partial charge in [-0.05, 0) is 61.4 Å². The lowest BCUT2D eigenvalue weighted by Gasteiger charge is -2.09. The van der Waals surface area contributed by atoms with Crippen molar-refractivity contribution >= 4 is 11.4 Å². The van der Waals surface area contributed by atoms with E-state index in [1.165, 1.54) is 6.07 Å². The van der Waals surface area contributed by atoms with Crippen LogP contribution in [0.3, 0.4) is 0 Å². The summed E-state index contributed by atoms with van der Waals surface area (Å²) in [7, 11) is 0. The van der Waals surface area contributed by atoms with Gasteiger partial charge in [0.05, 0.1) is 11.6 Å².